The molecule has 30 heavy (non-hydrogen) atoms. The standard InChI is InChI=1S/C27H22BrNO/c1-18-6-8-19(9-7-18)17-29-25-15-12-20-4-2-3-5-23(20)27(25)24(16-26(29)30)21-10-13-22(28)14-11-21/h2-15,24H,16-17H2,1H3. The molecule has 1 heterocycles. The summed E-state index contributed by atoms with van der Waals surface area (Å²) in [7, 11) is 0. The van der Waals surface area contributed by atoms with Crippen molar-refractivity contribution in [2.24, 2.45) is 0 Å². The molecular weight excluding hydrogens is 434 g/mol. The van der Waals surface area contributed by atoms with Crippen LogP contribution < -0.4 is 4.90 Å². The average molecular weight is 456 g/mol. The molecule has 0 radical (unpaired) electrons. The lowest BCUT2D eigenvalue weighted by molar-refractivity contribution is -0.119. The summed E-state index contributed by atoms with van der Waals surface area (Å²) in [6.45, 7) is 2.68. The van der Waals surface area contributed by atoms with Gasteiger partial charge in [-0.25, -0.2) is 0 Å². The number of halogens is 1. The van der Waals surface area contributed by atoms with Crippen LogP contribution in [0.15, 0.2) is 89.4 Å². The number of carbonyl (C=O) groups is 1. The smallest absolute Gasteiger partial charge is 0.228 e. The molecule has 0 N–H and O–H groups in total. The second kappa shape index (κ2) is 7.73. The van der Waals surface area contributed by atoms with E-state index in [1.165, 1.54) is 27.5 Å². The van der Waals surface area contributed by atoms with Crippen LogP contribution in [0, 0.1) is 6.92 Å². The van der Waals surface area contributed by atoms with Gasteiger partial charge in [-0.3, -0.25) is 4.79 Å². The first-order valence-electron chi connectivity index (χ1n) is 10.2. The summed E-state index contributed by atoms with van der Waals surface area (Å²) in [6.07, 6.45) is 0.481. The lowest BCUT2D eigenvalue weighted by Crippen LogP contribution is -2.36. The topological polar surface area (TPSA) is 20.3 Å². The van der Waals surface area contributed by atoms with Gasteiger partial charge in [0.05, 0.1) is 6.54 Å². The van der Waals surface area contributed by atoms with Gasteiger partial charge in [0.15, 0.2) is 0 Å². The zero-order valence-corrected chi connectivity index (χ0v) is 18.4. The Kier molecular flexibility index (Phi) is 4.92. The number of carbonyl (C=O) groups excluding carboxylic acids is 1. The van der Waals surface area contributed by atoms with E-state index in [-0.39, 0.29) is 11.8 Å². The van der Waals surface area contributed by atoms with Crippen molar-refractivity contribution in [2.75, 3.05) is 4.90 Å². The molecule has 4 aromatic carbocycles. The number of amides is 1. The molecule has 1 aliphatic rings. The van der Waals surface area contributed by atoms with Crippen molar-refractivity contribution < 1.29 is 4.79 Å². The zero-order valence-electron chi connectivity index (χ0n) is 16.8. The van der Waals surface area contributed by atoms with Gasteiger partial charge in [0.1, 0.15) is 0 Å². The van der Waals surface area contributed by atoms with Gasteiger partial charge in [-0.2, -0.15) is 0 Å². The number of hydrogen-bond acceptors (Lipinski definition) is 1. The molecule has 0 aliphatic carbocycles. The number of rotatable bonds is 3. The predicted octanol–water partition coefficient (Wildman–Crippen LogP) is 6.98. The zero-order chi connectivity index (χ0) is 20.7. The summed E-state index contributed by atoms with van der Waals surface area (Å²) < 4.78 is 1.05. The van der Waals surface area contributed by atoms with E-state index in [2.05, 4.69) is 108 Å². The molecule has 0 aromatic heterocycles. The number of aryl methyl sites for hydroxylation is 1. The van der Waals surface area contributed by atoms with Crippen molar-refractivity contribution >= 4 is 38.3 Å². The van der Waals surface area contributed by atoms with Gasteiger partial charge < -0.3 is 4.90 Å². The summed E-state index contributed by atoms with van der Waals surface area (Å²) in [5.41, 5.74) is 5.83. The predicted molar refractivity (Wildman–Crippen MR) is 127 cm³/mol. The summed E-state index contributed by atoms with van der Waals surface area (Å²) in [4.78, 5) is 15.3. The highest BCUT2D eigenvalue weighted by Gasteiger charge is 2.33. The molecule has 148 valence electrons. The Morgan fingerprint density at radius 3 is 2.40 bits per heavy atom. The number of benzene rings is 4. The van der Waals surface area contributed by atoms with E-state index in [1.807, 2.05) is 4.90 Å². The minimum Gasteiger partial charge on any atom is -0.308 e. The minimum absolute atomic E-state index is 0.0565. The van der Waals surface area contributed by atoms with Crippen LogP contribution >= 0.6 is 15.9 Å². The maximum atomic E-state index is 13.3. The molecule has 0 saturated carbocycles. The van der Waals surface area contributed by atoms with Crippen molar-refractivity contribution in [2.45, 2.75) is 25.8 Å². The van der Waals surface area contributed by atoms with Crippen molar-refractivity contribution in [3.05, 3.63) is 112 Å². The largest absolute Gasteiger partial charge is 0.308 e. The SMILES string of the molecule is Cc1ccc(CN2C(=O)CC(c3ccc(Br)cc3)c3c2ccc2ccccc32)cc1. The molecule has 4 aromatic rings. The Morgan fingerprint density at radius 2 is 1.63 bits per heavy atom. The molecule has 0 saturated heterocycles. The molecule has 1 unspecified atom stereocenters. The second-order valence-electron chi connectivity index (χ2n) is 7.99. The lowest BCUT2D eigenvalue weighted by atomic mass is 9.81. The fraction of sp³-hybridized carbons (Fsp3) is 0.148. The third-order valence-electron chi connectivity index (χ3n) is 6.00. The third-order valence-corrected chi connectivity index (χ3v) is 6.53. The van der Waals surface area contributed by atoms with Crippen LogP contribution in [0.25, 0.3) is 10.8 Å². The van der Waals surface area contributed by atoms with E-state index in [1.54, 1.807) is 0 Å². The molecule has 0 spiro atoms. The highest BCUT2D eigenvalue weighted by molar-refractivity contribution is 9.10. The number of nitrogens with zero attached hydrogens (tertiary/aromatic N) is 1. The van der Waals surface area contributed by atoms with Gasteiger partial charge in [0.2, 0.25) is 5.91 Å². The Bertz CT molecular complexity index is 1230. The van der Waals surface area contributed by atoms with Gasteiger partial charge in [0.25, 0.3) is 0 Å². The van der Waals surface area contributed by atoms with Crippen LogP contribution in [0.4, 0.5) is 5.69 Å². The van der Waals surface area contributed by atoms with Crippen LogP contribution in [0.5, 0.6) is 0 Å². The van der Waals surface area contributed by atoms with Gasteiger partial charge in [0, 0.05) is 22.5 Å². The van der Waals surface area contributed by atoms with E-state index in [0.29, 0.717) is 13.0 Å². The van der Waals surface area contributed by atoms with E-state index in [0.717, 1.165) is 15.7 Å². The number of anilines is 1. The van der Waals surface area contributed by atoms with Gasteiger partial charge in [-0.05, 0) is 52.6 Å². The highest BCUT2D eigenvalue weighted by atomic mass is 79.9. The summed E-state index contributed by atoms with van der Waals surface area (Å²) in [5.74, 6) is 0.229. The van der Waals surface area contributed by atoms with Gasteiger partial charge >= 0.3 is 0 Å². The van der Waals surface area contributed by atoms with Crippen molar-refractivity contribution in [1.29, 1.82) is 0 Å². The average Bonchev–Trinajstić information content (AvgIpc) is 2.77. The molecule has 0 fully saturated rings. The molecule has 1 aliphatic heterocycles. The summed E-state index contributed by atoms with van der Waals surface area (Å²) in [6, 6.07) is 29.6. The molecule has 1 amide bonds. The van der Waals surface area contributed by atoms with Crippen LogP contribution in [0.1, 0.15) is 34.6 Å². The maximum absolute atomic E-state index is 13.3. The Labute approximate surface area is 185 Å². The van der Waals surface area contributed by atoms with Crippen LogP contribution in [0.2, 0.25) is 0 Å². The third kappa shape index (κ3) is 3.44. The van der Waals surface area contributed by atoms with Crippen molar-refractivity contribution in [3.63, 3.8) is 0 Å². The maximum Gasteiger partial charge on any atom is 0.228 e. The van der Waals surface area contributed by atoms with Crippen molar-refractivity contribution in [1.82, 2.24) is 0 Å². The molecule has 5 rings (SSSR count). The second-order valence-corrected chi connectivity index (χ2v) is 8.91. The molecule has 1 atom stereocenters. The van der Waals surface area contributed by atoms with Gasteiger partial charge in [-0.15, -0.1) is 0 Å². The first-order valence-corrected chi connectivity index (χ1v) is 11.0. The lowest BCUT2D eigenvalue weighted by Gasteiger charge is -2.35. The summed E-state index contributed by atoms with van der Waals surface area (Å²) >= 11 is 3.53. The number of hydrogen-bond donors (Lipinski definition) is 0. The normalized spacial score (nSPS) is 16.0. The Morgan fingerprint density at radius 1 is 0.900 bits per heavy atom. The fourth-order valence-corrected chi connectivity index (χ4v) is 4.70. The van der Waals surface area contributed by atoms with Crippen LogP contribution in [0.3, 0.4) is 0 Å². The quantitative estimate of drug-likeness (QED) is 0.326. The summed E-state index contributed by atoms with van der Waals surface area (Å²) in [5, 5.41) is 2.44. The first kappa shape index (κ1) is 19.1. The van der Waals surface area contributed by atoms with E-state index in [4.69, 9.17) is 0 Å². The van der Waals surface area contributed by atoms with Crippen molar-refractivity contribution in [3.8, 4) is 0 Å². The highest BCUT2D eigenvalue weighted by Crippen LogP contribution is 2.44. The minimum atomic E-state index is 0.0565. The van der Waals surface area contributed by atoms with Crippen LogP contribution in [-0.4, -0.2) is 5.91 Å². The monoisotopic (exact) mass is 455 g/mol. The molecule has 2 nitrogen and oxygen atoms in total. The van der Waals surface area contributed by atoms with E-state index >= 15 is 0 Å². The van der Waals surface area contributed by atoms with Crippen LogP contribution in [-0.2, 0) is 11.3 Å². The first-order chi connectivity index (χ1) is 14.6. The Balaban J connectivity index is 1.66. The molecule has 0 bridgehead atoms. The van der Waals surface area contributed by atoms with Gasteiger partial charge in [-0.1, -0.05) is 88.2 Å². The van der Waals surface area contributed by atoms with E-state index < -0.39 is 0 Å². The number of fused-ring (bicyclic) bond motifs is 3. The molecular formula is C27H22BrNO. The van der Waals surface area contributed by atoms with E-state index in [9.17, 15) is 4.79 Å². The molecule has 3 heteroatoms. The fourth-order valence-electron chi connectivity index (χ4n) is 4.44. The Hall–Kier alpha value is -2.91.